The van der Waals surface area contributed by atoms with Crippen molar-refractivity contribution >= 4 is 11.3 Å². The smallest absolute Gasteiger partial charge is 0.118 e. The van der Waals surface area contributed by atoms with Crippen molar-refractivity contribution in [1.29, 1.82) is 0 Å². The van der Waals surface area contributed by atoms with Crippen molar-refractivity contribution < 1.29 is 9.15 Å². The number of hydrogen-bond donors (Lipinski definition) is 0. The lowest BCUT2D eigenvalue weighted by Gasteiger charge is -2.42. The number of piperidine rings is 1. The monoisotopic (exact) mass is 374 g/mol. The molecule has 2 saturated heterocycles. The summed E-state index contributed by atoms with van der Waals surface area (Å²) in [4.78, 5) is 6.68. The number of furan rings is 1. The number of methoxy groups -OCH3 is 1. The highest BCUT2D eigenvalue weighted by atomic mass is 32.1. The van der Waals surface area contributed by atoms with E-state index in [0.717, 1.165) is 44.3 Å². The van der Waals surface area contributed by atoms with Crippen LogP contribution in [0.2, 0.25) is 0 Å². The van der Waals surface area contributed by atoms with Gasteiger partial charge in [0.1, 0.15) is 11.5 Å². The Kier molecular flexibility index (Phi) is 5.50. The fraction of sp³-hybridized carbons (Fsp3) is 0.619. The summed E-state index contributed by atoms with van der Waals surface area (Å²) in [6.07, 6.45) is 2.53. The van der Waals surface area contributed by atoms with Crippen LogP contribution in [0.25, 0.3) is 0 Å². The fourth-order valence-electron chi connectivity index (χ4n) is 4.83. The van der Waals surface area contributed by atoms with Crippen LogP contribution in [0.3, 0.4) is 0 Å². The zero-order chi connectivity index (χ0) is 18.0. The number of ether oxygens (including phenoxy) is 1. The Morgan fingerprint density at radius 2 is 2.04 bits per heavy atom. The molecule has 0 saturated carbocycles. The lowest BCUT2D eigenvalue weighted by atomic mass is 9.71. The summed E-state index contributed by atoms with van der Waals surface area (Å²) in [6.45, 7) is 9.64. The molecule has 5 heteroatoms. The van der Waals surface area contributed by atoms with E-state index >= 15 is 0 Å². The SMILES string of the molecule is COC[C@@H]1CN(Cc2cccs2)CC12CCN(Cc1ccc(C)o1)CC2. The minimum Gasteiger partial charge on any atom is -0.465 e. The highest BCUT2D eigenvalue weighted by Crippen LogP contribution is 2.45. The van der Waals surface area contributed by atoms with Gasteiger partial charge < -0.3 is 9.15 Å². The second-order valence-electron chi connectivity index (χ2n) is 8.05. The zero-order valence-electron chi connectivity index (χ0n) is 15.9. The number of likely N-dealkylation sites (tertiary alicyclic amines) is 2. The minimum atomic E-state index is 0.419. The molecule has 0 radical (unpaired) electrons. The van der Waals surface area contributed by atoms with Crippen LogP contribution in [-0.4, -0.2) is 49.7 Å². The van der Waals surface area contributed by atoms with Crippen molar-refractivity contribution in [3.05, 3.63) is 46.0 Å². The molecule has 0 aliphatic carbocycles. The van der Waals surface area contributed by atoms with Gasteiger partial charge in [0.05, 0.1) is 13.2 Å². The van der Waals surface area contributed by atoms with E-state index in [4.69, 9.17) is 9.15 Å². The molecular formula is C21H30N2O2S. The maximum absolute atomic E-state index is 5.77. The number of aryl methyl sites for hydroxylation is 1. The molecule has 0 unspecified atom stereocenters. The average Bonchev–Trinajstić information content (AvgIpc) is 3.34. The molecule has 2 aliphatic heterocycles. The van der Waals surface area contributed by atoms with Gasteiger partial charge in [-0.05, 0) is 61.8 Å². The van der Waals surface area contributed by atoms with Gasteiger partial charge in [-0.2, -0.15) is 0 Å². The van der Waals surface area contributed by atoms with Crippen LogP contribution in [0.1, 0.15) is 29.2 Å². The molecule has 2 aromatic heterocycles. The van der Waals surface area contributed by atoms with Gasteiger partial charge in [-0.25, -0.2) is 0 Å². The van der Waals surface area contributed by atoms with E-state index in [0.29, 0.717) is 11.3 Å². The summed E-state index contributed by atoms with van der Waals surface area (Å²) in [5, 5.41) is 2.18. The Hall–Kier alpha value is -1.14. The average molecular weight is 375 g/mol. The molecule has 0 amide bonds. The lowest BCUT2D eigenvalue weighted by Crippen LogP contribution is -2.44. The van der Waals surface area contributed by atoms with E-state index in [9.17, 15) is 0 Å². The maximum Gasteiger partial charge on any atom is 0.118 e. The first kappa shape index (κ1) is 18.2. The molecule has 142 valence electrons. The Bertz CT molecular complexity index is 689. The van der Waals surface area contributed by atoms with Crippen LogP contribution in [0.15, 0.2) is 34.1 Å². The molecule has 2 fully saturated rings. The largest absolute Gasteiger partial charge is 0.465 e. The summed E-state index contributed by atoms with van der Waals surface area (Å²) in [7, 11) is 1.85. The molecule has 4 nitrogen and oxygen atoms in total. The summed E-state index contributed by atoms with van der Waals surface area (Å²) in [5.41, 5.74) is 0.419. The van der Waals surface area contributed by atoms with Crippen LogP contribution >= 0.6 is 11.3 Å². The highest BCUT2D eigenvalue weighted by molar-refractivity contribution is 7.09. The molecule has 26 heavy (non-hydrogen) atoms. The maximum atomic E-state index is 5.77. The van der Waals surface area contributed by atoms with Crippen LogP contribution in [-0.2, 0) is 17.8 Å². The standard InChI is InChI=1S/C21H30N2O2S/c1-17-5-6-19(25-17)13-22-9-7-21(8-10-22)16-23(12-18(21)15-24-2)14-20-4-3-11-26-20/h3-6,11,18H,7-10,12-16H2,1-2H3/t18-/m0/s1. The minimum absolute atomic E-state index is 0.419. The summed E-state index contributed by atoms with van der Waals surface area (Å²) < 4.78 is 11.4. The molecular weight excluding hydrogens is 344 g/mol. The quantitative estimate of drug-likeness (QED) is 0.764. The van der Waals surface area contributed by atoms with Crippen molar-refractivity contribution in [2.75, 3.05) is 39.9 Å². The van der Waals surface area contributed by atoms with Crippen molar-refractivity contribution in [2.24, 2.45) is 11.3 Å². The number of thiophene rings is 1. The van der Waals surface area contributed by atoms with Gasteiger partial charge in [0.2, 0.25) is 0 Å². The van der Waals surface area contributed by atoms with Crippen molar-refractivity contribution in [3.63, 3.8) is 0 Å². The van der Waals surface area contributed by atoms with Crippen molar-refractivity contribution in [3.8, 4) is 0 Å². The van der Waals surface area contributed by atoms with Gasteiger partial charge in [0, 0.05) is 37.5 Å². The number of rotatable bonds is 6. The van der Waals surface area contributed by atoms with Gasteiger partial charge in [0.15, 0.2) is 0 Å². The van der Waals surface area contributed by atoms with Gasteiger partial charge >= 0.3 is 0 Å². The zero-order valence-corrected chi connectivity index (χ0v) is 16.8. The van der Waals surface area contributed by atoms with Gasteiger partial charge in [-0.3, -0.25) is 9.80 Å². The van der Waals surface area contributed by atoms with Gasteiger partial charge in [-0.15, -0.1) is 11.3 Å². The third kappa shape index (κ3) is 3.91. The van der Waals surface area contributed by atoms with Crippen molar-refractivity contribution in [2.45, 2.75) is 32.9 Å². The van der Waals surface area contributed by atoms with Gasteiger partial charge in [-0.1, -0.05) is 6.07 Å². The second kappa shape index (κ2) is 7.85. The Balaban J connectivity index is 1.38. The van der Waals surface area contributed by atoms with Crippen molar-refractivity contribution in [1.82, 2.24) is 9.80 Å². The first-order valence-electron chi connectivity index (χ1n) is 9.68. The van der Waals surface area contributed by atoms with E-state index in [1.165, 1.54) is 30.8 Å². The first-order valence-corrected chi connectivity index (χ1v) is 10.6. The second-order valence-corrected chi connectivity index (χ2v) is 9.08. The van der Waals surface area contributed by atoms with Crippen LogP contribution in [0.5, 0.6) is 0 Å². The Morgan fingerprint density at radius 3 is 2.69 bits per heavy atom. The topological polar surface area (TPSA) is 28.9 Å². The Morgan fingerprint density at radius 1 is 1.19 bits per heavy atom. The third-order valence-electron chi connectivity index (χ3n) is 6.24. The molecule has 1 atom stereocenters. The summed E-state index contributed by atoms with van der Waals surface area (Å²) in [5.74, 6) is 2.76. The fourth-order valence-corrected chi connectivity index (χ4v) is 5.58. The third-order valence-corrected chi connectivity index (χ3v) is 7.10. The molecule has 4 heterocycles. The number of hydrogen-bond acceptors (Lipinski definition) is 5. The summed E-state index contributed by atoms with van der Waals surface area (Å²) >= 11 is 1.87. The molecule has 0 N–H and O–H groups in total. The molecule has 0 aromatic carbocycles. The molecule has 2 aliphatic rings. The normalized spacial score (nSPS) is 23.8. The Labute approximate surface area is 160 Å². The molecule has 2 aromatic rings. The molecule has 1 spiro atoms. The summed E-state index contributed by atoms with van der Waals surface area (Å²) in [6, 6.07) is 8.60. The number of nitrogens with zero attached hydrogens (tertiary/aromatic N) is 2. The predicted molar refractivity (Wildman–Crippen MR) is 105 cm³/mol. The van der Waals surface area contributed by atoms with E-state index in [1.54, 1.807) is 0 Å². The van der Waals surface area contributed by atoms with Crippen LogP contribution < -0.4 is 0 Å². The molecule has 0 bridgehead atoms. The van der Waals surface area contributed by atoms with E-state index in [1.807, 2.05) is 25.4 Å². The van der Waals surface area contributed by atoms with Gasteiger partial charge in [0.25, 0.3) is 0 Å². The predicted octanol–water partition coefficient (Wildman–Crippen LogP) is 4.01. The first-order chi connectivity index (χ1) is 12.7. The lowest BCUT2D eigenvalue weighted by molar-refractivity contribution is 0.0331. The van der Waals surface area contributed by atoms with Crippen LogP contribution in [0.4, 0.5) is 0 Å². The van der Waals surface area contributed by atoms with Crippen LogP contribution in [0, 0.1) is 18.3 Å². The molecule has 4 rings (SSSR count). The van der Waals surface area contributed by atoms with E-state index in [2.05, 4.69) is 39.4 Å². The van der Waals surface area contributed by atoms with E-state index < -0.39 is 0 Å². The van der Waals surface area contributed by atoms with E-state index in [-0.39, 0.29) is 0 Å². The highest BCUT2D eigenvalue weighted by Gasteiger charge is 2.47.